The number of nitrogens with zero attached hydrogens (tertiary/aromatic N) is 2. The van der Waals surface area contributed by atoms with Crippen LogP contribution in [0.2, 0.25) is 0 Å². The molecule has 0 N–H and O–H groups in total. The Morgan fingerprint density at radius 2 is 1.96 bits per heavy atom. The third-order valence-corrected chi connectivity index (χ3v) is 5.94. The van der Waals surface area contributed by atoms with E-state index in [1.54, 1.807) is 14.1 Å². The Kier molecular flexibility index (Phi) is 6.81. The molecule has 0 bridgehead atoms. The number of rotatable bonds is 5. The van der Waals surface area contributed by atoms with Crippen molar-refractivity contribution in [3.63, 3.8) is 0 Å². The second kappa shape index (κ2) is 9.30. The quantitative estimate of drug-likeness (QED) is 0.647. The van der Waals surface area contributed by atoms with Crippen molar-refractivity contribution in [2.24, 2.45) is 0 Å². The van der Waals surface area contributed by atoms with E-state index in [0.717, 1.165) is 24.3 Å². The summed E-state index contributed by atoms with van der Waals surface area (Å²) in [5.74, 6) is 1.63. The van der Waals surface area contributed by atoms with Crippen LogP contribution in [0.25, 0.3) is 6.08 Å². The monoisotopic (exact) mass is 396 g/mol. The lowest BCUT2D eigenvalue weighted by molar-refractivity contribution is 0.172. The van der Waals surface area contributed by atoms with Gasteiger partial charge in [-0.1, -0.05) is 35.9 Å². The largest absolute Gasteiger partial charge is 0.414 e. The van der Waals surface area contributed by atoms with E-state index in [2.05, 4.69) is 61.4 Å². The molecule has 1 atom stereocenters. The van der Waals surface area contributed by atoms with Crippen molar-refractivity contribution in [2.75, 3.05) is 33.4 Å². The van der Waals surface area contributed by atoms with E-state index >= 15 is 0 Å². The first-order valence-electron chi connectivity index (χ1n) is 9.53. The summed E-state index contributed by atoms with van der Waals surface area (Å²) >= 11 is 1.90. The highest BCUT2D eigenvalue weighted by Gasteiger charge is 2.21. The molecule has 1 aliphatic rings. The molecule has 0 spiro atoms. The predicted octanol–water partition coefficient (Wildman–Crippen LogP) is 5.24. The third kappa shape index (κ3) is 5.18. The fourth-order valence-electron chi connectivity index (χ4n) is 3.27. The van der Waals surface area contributed by atoms with E-state index in [1.165, 1.54) is 20.9 Å². The van der Waals surface area contributed by atoms with E-state index in [4.69, 9.17) is 4.74 Å². The number of carbonyl (C=O) groups is 1. The lowest BCUT2D eigenvalue weighted by Crippen LogP contribution is -2.26. The van der Waals surface area contributed by atoms with Crippen molar-refractivity contribution in [3.8, 4) is 5.75 Å². The zero-order valence-corrected chi connectivity index (χ0v) is 17.8. The first-order valence-corrected chi connectivity index (χ1v) is 10.5. The van der Waals surface area contributed by atoms with Crippen LogP contribution in [0.15, 0.2) is 53.4 Å². The highest BCUT2D eigenvalue weighted by Crippen LogP contribution is 2.34. The maximum Gasteiger partial charge on any atom is 0.414 e. The summed E-state index contributed by atoms with van der Waals surface area (Å²) in [7, 11) is 5.53. The van der Waals surface area contributed by atoms with Crippen molar-refractivity contribution >= 4 is 23.9 Å². The Morgan fingerprint density at radius 3 is 2.68 bits per heavy atom. The van der Waals surface area contributed by atoms with Gasteiger partial charge in [0.2, 0.25) is 0 Å². The Morgan fingerprint density at radius 1 is 1.21 bits per heavy atom. The molecule has 3 rings (SSSR count). The van der Waals surface area contributed by atoms with E-state index < -0.39 is 0 Å². The number of hydrogen-bond acceptors (Lipinski definition) is 4. The van der Waals surface area contributed by atoms with Gasteiger partial charge in [0.05, 0.1) is 0 Å². The maximum absolute atomic E-state index is 11.8. The summed E-state index contributed by atoms with van der Waals surface area (Å²) < 4.78 is 5.43. The summed E-state index contributed by atoms with van der Waals surface area (Å²) in [6, 6.07) is 15.0. The number of likely N-dealkylation sites (N-methyl/N-ethyl adjacent to an activating group) is 1. The van der Waals surface area contributed by atoms with Crippen LogP contribution >= 0.6 is 11.8 Å². The molecule has 0 saturated carbocycles. The second-order valence-corrected chi connectivity index (χ2v) is 8.53. The van der Waals surface area contributed by atoms with Crippen LogP contribution in [0, 0.1) is 6.92 Å². The molecule has 28 heavy (non-hydrogen) atoms. The van der Waals surface area contributed by atoms with Crippen LogP contribution in [-0.2, 0) is 0 Å². The summed E-state index contributed by atoms with van der Waals surface area (Å²) in [5, 5.41) is 0. The summed E-state index contributed by atoms with van der Waals surface area (Å²) in [6.07, 6.45) is 5.00. The molecule has 1 amide bonds. The van der Waals surface area contributed by atoms with Gasteiger partial charge in [0.1, 0.15) is 5.75 Å². The average Bonchev–Trinajstić information content (AvgIpc) is 2.82. The molecule has 0 fully saturated rings. The molecule has 1 unspecified atom stereocenters. The molecule has 2 aromatic rings. The number of thioether (sulfide) groups is 1. The van der Waals surface area contributed by atoms with E-state index in [1.807, 2.05) is 23.9 Å². The fraction of sp³-hybridized carbons (Fsp3) is 0.348. The van der Waals surface area contributed by atoms with Gasteiger partial charge in [-0.25, -0.2) is 4.79 Å². The standard InChI is InChI=1S/C23H28N2O2S/c1-17-7-10-20(11-8-17)28-15-13-22-21-12-9-19(27-23(26)24(2)3)16-18(21)6-5-14-25(22)4/h5-12,16,22H,13-15H2,1-4H3. The lowest BCUT2D eigenvalue weighted by atomic mass is 9.98. The molecule has 5 heteroatoms. The van der Waals surface area contributed by atoms with Crippen LogP contribution in [0.5, 0.6) is 5.75 Å². The first kappa shape index (κ1) is 20.5. The summed E-state index contributed by atoms with van der Waals surface area (Å²) in [5.41, 5.74) is 3.70. The number of ether oxygens (including phenoxy) is 1. The Labute approximate surface area is 172 Å². The van der Waals surface area contributed by atoms with E-state index in [9.17, 15) is 4.79 Å². The molecule has 0 radical (unpaired) electrons. The Hall–Kier alpha value is -2.24. The molecule has 0 aliphatic carbocycles. The van der Waals surface area contributed by atoms with Crippen molar-refractivity contribution in [2.45, 2.75) is 24.3 Å². The molecule has 0 saturated heterocycles. The summed E-state index contributed by atoms with van der Waals surface area (Å²) in [6.45, 7) is 3.02. The fourth-order valence-corrected chi connectivity index (χ4v) is 4.17. The minimum absolute atomic E-state index is 0.335. The molecule has 0 aromatic heterocycles. The molecule has 1 aliphatic heterocycles. The van der Waals surface area contributed by atoms with E-state index in [0.29, 0.717) is 11.8 Å². The zero-order chi connectivity index (χ0) is 20.1. The Bertz CT molecular complexity index is 846. The average molecular weight is 397 g/mol. The first-order chi connectivity index (χ1) is 13.4. The third-order valence-electron chi connectivity index (χ3n) is 4.89. The zero-order valence-electron chi connectivity index (χ0n) is 17.0. The lowest BCUT2D eigenvalue weighted by Gasteiger charge is -2.27. The van der Waals surface area contributed by atoms with Gasteiger partial charge < -0.3 is 9.64 Å². The number of fused-ring (bicyclic) bond motifs is 1. The number of benzene rings is 2. The van der Waals surface area contributed by atoms with Crippen LogP contribution in [0.1, 0.15) is 29.2 Å². The van der Waals surface area contributed by atoms with Crippen molar-refractivity contribution in [1.29, 1.82) is 0 Å². The highest BCUT2D eigenvalue weighted by atomic mass is 32.2. The molecular weight excluding hydrogens is 368 g/mol. The molecule has 2 aromatic carbocycles. The highest BCUT2D eigenvalue weighted by molar-refractivity contribution is 7.99. The van der Waals surface area contributed by atoms with Gasteiger partial charge in [-0.05, 0) is 61.5 Å². The van der Waals surface area contributed by atoms with Crippen LogP contribution < -0.4 is 4.74 Å². The van der Waals surface area contributed by atoms with Gasteiger partial charge in [0.25, 0.3) is 0 Å². The topological polar surface area (TPSA) is 32.8 Å². The minimum atomic E-state index is -0.360. The van der Waals surface area contributed by atoms with Gasteiger partial charge in [0, 0.05) is 31.6 Å². The number of carbonyl (C=O) groups excluding carboxylic acids is 1. The van der Waals surface area contributed by atoms with Gasteiger partial charge in [0.15, 0.2) is 0 Å². The van der Waals surface area contributed by atoms with Gasteiger partial charge in [-0.2, -0.15) is 0 Å². The number of hydrogen-bond donors (Lipinski definition) is 0. The van der Waals surface area contributed by atoms with Gasteiger partial charge >= 0.3 is 6.09 Å². The van der Waals surface area contributed by atoms with Crippen molar-refractivity contribution in [3.05, 3.63) is 65.2 Å². The van der Waals surface area contributed by atoms with Crippen LogP contribution in [-0.4, -0.2) is 49.3 Å². The van der Waals surface area contributed by atoms with Crippen LogP contribution in [0.4, 0.5) is 4.79 Å². The second-order valence-electron chi connectivity index (χ2n) is 7.36. The smallest absolute Gasteiger partial charge is 0.410 e. The summed E-state index contributed by atoms with van der Waals surface area (Å²) in [4.78, 5) is 17.0. The Balaban J connectivity index is 1.72. The molecule has 1 heterocycles. The normalized spacial score (nSPS) is 16.4. The van der Waals surface area contributed by atoms with Crippen molar-refractivity contribution < 1.29 is 9.53 Å². The van der Waals surface area contributed by atoms with Crippen LogP contribution in [0.3, 0.4) is 0 Å². The van der Waals surface area contributed by atoms with E-state index in [-0.39, 0.29) is 6.09 Å². The van der Waals surface area contributed by atoms with Gasteiger partial charge in [-0.15, -0.1) is 11.8 Å². The molecular formula is C23H28N2O2S. The minimum Gasteiger partial charge on any atom is -0.410 e. The SMILES string of the molecule is Cc1ccc(SCCC2c3ccc(OC(=O)N(C)C)cc3C=CCN2C)cc1. The number of aryl methyl sites for hydroxylation is 1. The predicted molar refractivity (Wildman–Crippen MR) is 117 cm³/mol. The molecule has 148 valence electrons. The molecule has 4 nitrogen and oxygen atoms in total. The van der Waals surface area contributed by atoms with Crippen molar-refractivity contribution in [1.82, 2.24) is 9.80 Å². The van der Waals surface area contributed by atoms with Gasteiger partial charge in [-0.3, -0.25) is 4.90 Å². The maximum atomic E-state index is 11.8. The number of amides is 1.